The molecule has 0 radical (unpaired) electrons. The predicted octanol–water partition coefficient (Wildman–Crippen LogP) is 3.35. The number of benzene rings is 2. The van der Waals surface area contributed by atoms with Crippen LogP contribution in [0.5, 0.6) is 11.5 Å². The van der Waals surface area contributed by atoms with Crippen molar-refractivity contribution in [2.75, 3.05) is 44.8 Å². The largest absolute Gasteiger partial charge is 0.497 e. The Morgan fingerprint density at radius 1 is 1.03 bits per heavy atom. The molecule has 3 rings (SSSR count). The lowest BCUT2D eigenvalue weighted by Crippen LogP contribution is -2.49. The molecule has 0 aromatic heterocycles. The van der Waals surface area contributed by atoms with Gasteiger partial charge in [-0.1, -0.05) is 12.1 Å². The maximum atomic E-state index is 12.8. The normalized spacial score (nSPS) is 14.3. The predicted molar refractivity (Wildman–Crippen MR) is 113 cm³/mol. The first kappa shape index (κ1) is 20.3. The minimum atomic E-state index is -0.226. The molecule has 0 bridgehead atoms. The van der Waals surface area contributed by atoms with E-state index in [0.717, 1.165) is 35.8 Å². The van der Waals surface area contributed by atoms with Crippen molar-refractivity contribution in [3.8, 4) is 17.6 Å². The number of carbonyl (C=O) groups is 1. The first-order valence-corrected chi connectivity index (χ1v) is 9.67. The van der Waals surface area contributed by atoms with Crippen molar-refractivity contribution in [3.05, 3.63) is 59.7 Å². The van der Waals surface area contributed by atoms with Crippen molar-refractivity contribution in [2.24, 2.45) is 0 Å². The zero-order valence-electron chi connectivity index (χ0n) is 16.8. The van der Waals surface area contributed by atoms with Gasteiger partial charge in [0.05, 0.1) is 13.7 Å². The van der Waals surface area contributed by atoms with Crippen LogP contribution in [-0.4, -0.2) is 50.7 Å². The second-order valence-corrected chi connectivity index (χ2v) is 6.65. The number of nitrogens with zero attached hydrogens (tertiary/aromatic N) is 3. The molecule has 0 unspecified atom stereocenters. The van der Waals surface area contributed by atoms with Gasteiger partial charge >= 0.3 is 0 Å². The summed E-state index contributed by atoms with van der Waals surface area (Å²) >= 11 is 0. The second kappa shape index (κ2) is 9.65. The molecule has 1 saturated heterocycles. The van der Waals surface area contributed by atoms with Crippen molar-refractivity contribution in [2.45, 2.75) is 6.92 Å². The summed E-state index contributed by atoms with van der Waals surface area (Å²) in [6.45, 7) is 5.12. The van der Waals surface area contributed by atoms with Crippen LogP contribution in [0.25, 0.3) is 6.08 Å². The smallest absolute Gasteiger partial charge is 0.264 e. The van der Waals surface area contributed by atoms with Crippen molar-refractivity contribution < 1.29 is 14.3 Å². The van der Waals surface area contributed by atoms with E-state index in [-0.39, 0.29) is 11.5 Å². The molecule has 29 heavy (non-hydrogen) atoms. The van der Waals surface area contributed by atoms with Gasteiger partial charge in [-0.25, -0.2) is 0 Å². The number of rotatable bonds is 6. The molecule has 0 N–H and O–H groups in total. The van der Waals surface area contributed by atoms with E-state index in [1.807, 2.05) is 55.5 Å². The Kier molecular flexibility index (Phi) is 6.75. The molecule has 1 aliphatic rings. The highest BCUT2D eigenvalue weighted by Crippen LogP contribution is 2.21. The Bertz CT molecular complexity index is 890. The molecule has 6 heteroatoms. The third-order valence-corrected chi connectivity index (χ3v) is 4.86. The zero-order valence-corrected chi connectivity index (χ0v) is 16.8. The molecule has 0 spiro atoms. The number of methoxy groups -OCH3 is 1. The summed E-state index contributed by atoms with van der Waals surface area (Å²) in [6, 6.07) is 17.3. The van der Waals surface area contributed by atoms with E-state index in [1.165, 1.54) is 0 Å². The van der Waals surface area contributed by atoms with Gasteiger partial charge in [-0.15, -0.1) is 0 Å². The average Bonchev–Trinajstić information content (AvgIpc) is 2.78. The van der Waals surface area contributed by atoms with E-state index >= 15 is 0 Å². The van der Waals surface area contributed by atoms with Gasteiger partial charge in [0, 0.05) is 31.9 Å². The van der Waals surface area contributed by atoms with Gasteiger partial charge in [0.2, 0.25) is 0 Å². The van der Waals surface area contributed by atoms with E-state index in [0.29, 0.717) is 19.7 Å². The highest BCUT2D eigenvalue weighted by Gasteiger charge is 2.23. The van der Waals surface area contributed by atoms with Crippen LogP contribution in [0.3, 0.4) is 0 Å². The molecule has 0 aliphatic carbocycles. The maximum Gasteiger partial charge on any atom is 0.264 e. The van der Waals surface area contributed by atoms with E-state index in [9.17, 15) is 10.1 Å². The number of nitriles is 1. The van der Waals surface area contributed by atoms with Crippen LogP contribution in [0.1, 0.15) is 12.5 Å². The van der Waals surface area contributed by atoms with Gasteiger partial charge in [-0.05, 0) is 55.0 Å². The van der Waals surface area contributed by atoms with Gasteiger partial charge in [-0.3, -0.25) is 4.79 Å². The van der Waals surface area contributed by atoms with Crippen molar-refractivity contribution in [1.82, 2.24) is 4.90 Å². The molecule has 6 nitrogen and oxygen atoms in total. The van der Waals surface area contributed by atoms with Crippen LogP contribution >= 0.6 is 0 Å². The molecule has 1 heterocycles. The summed E-state index contributed by atoms with van der Waals surface area (Å²) in [5, 5.41) is 9.49. The number of anilines is 1. The summed E-state index contributed by atoms with van der Waals surface area (Å²) in [7, 11) is 1.65. The van der Waals surface area contributed by atoms with Crippen LogP contribution in [-0.2, 0) is 4.79 Å². The average molecular weight is 391 g/mol. The number of ether oxygens (including phenoxy) is 2. The number of piperazine rings is 1. The quantitative estimate of drug-likeness (QED) is 0.558. The van der Waals surface area contributed by atoms with Gasteiger partial charge in [-0.2, -0.15) is 5.26 Å². The van der Waals surface area contributed by atoms with E-state index < -0.39 is 0 Å². The van der Waals surface area contributed by atoms with Crippen LogP contribution in [0.4, 0.5) is 5.69 Å². The molecule has 1 aliphatic heterocycles. The van der Waals surface area contributed by atoms with Crippen molar-refractivity contribution >= 4 is 17.7 Å². The van der Waals surface area contributed by atoms with Gasteiger partial charge in [0.1, 0.15) is 23.1 Å². The van der Waals surface area contributed by atoms with Crippen LogP contribution in [0.15, 0.2) is 54.1 Å². The lowest BCUT2D eigenvalue weighted by molar-refractivity contribution is -0.126. The fourth-order valence-corrected chi connectivity index (χ4v) is 3.27. The molecule has 2 aromatic carbocycles. The summed E-state index contributed by atoms with van der Waals surface area (Å²) < 4.78 is 10.6. The maximum absolute atomic E-state index is 12.8. The molecule has 0 saturated carbocycles. The molecule has 0 atom stereocenters. The third-order valence-electron chi connectivity index (χ3n) is 4.86. The van der Waals surface area contributed by atoms with Crippen molar-refractivity contribution in [1.29, 1.82) is 5.26 Å². The Balaban J connectivity index is 1.62. The van der Waals surface area contributed by atoms with Gasteiger partial charge in [0.25, 0.3) is 5.91 Å². The number of hydrogen-bond donors (Lipinski definition) is 0. The molecule has 2 aromatic rings. The first-order valence-electron chi connectivity index (χ1n) is 9.67. The molecule has 150 valence electrons. The van der Waals surface area contributed by atoms with E-state index in [1.54, 1.807) is 18.1 Å². The summed E-state index contributed by atoms with van der Waals surface area (Å²) in [6.07, 6.45) is 1.63. The van der Waals surface area contributed by atoms with Crippen molar-refractivity contribution in [3.63, 3.8) is 0 Å². The van der Waals surface area contributed by atoms with Gasteiger partial charge < -0.3 is 19.3 Å². The summed E-state index contributed by atoms with van der Waals surface area (Å²) in [4.78, 5) is 16.8. The minimum Gasteiger partial charge on any atom is -0.497 e. The molecular formula is C23H25N3O3. The minimum absolute atomic E-state index is 0.145. The second-order valence-electron chi connectivity index (χ2n) is 6.65. The monoisotopic (exact) mass is 391 g/mol. The van der Waals surface area contributed by atoms with Crippen LogP contribution in [0, 0.1) is 11.3 Å². The molecule has 1 fully saturated rings. The van der Waals surface area contributed by atoms with Crippen LogP contribution in [0.2, 0.25) is 0 Å². The van der Waals surface area contributed by atoms with E-state index in [2.05, 4.69) is 11.0 Å². The molecular weight excluding hydrogens is 366 g/mol. The zero-order chi connectivity index (χ0) is 20.6. The standard InChI is InChI=1S/C23H25N3O3/c1-3-29-22-8-4-18(5-9-22)16-19(17-24)23(27)26-14-12-25(13-15-26)20-6-10-21(28-2)11-7-20/h4-11,16H,3,12-15H2,1-2H3/b19-16+. The lowest BCUT2D eigenvalue weighted by atomic mass is 10.1. The first-order chi connectivity index (χ1) is 14.1. The lowest BCUT2D eigenvalue weighted by Gasteiger charge is -2.36. The highest BCUT2D eigenvalue weighted by atomic mass is 16.5. The van der Waals surface area contributed by atoms with E-state index in [4.69, 9.17) is 9.47 Å². The fourth-order valence-electron chi connectivity index (χ4n) is 3.27. The number of hydrogen-bond acceptors (Lipinski definition) is 5. The number of amides is 1. The third kappa shape index (κ3) is 5.08. The van der Waals surface area contributed by atoms with Gasteiger partial charge in [0.15, 0.2) is 0 Å². The Labute approximate surface area is 171 Å². The van der Waals surface area contributed by atoms with Crippen LogP contribution < -0.4 is 14.4 Å². The summed E-state index contributed by atoms with van der Waals surface area (Å²) in [5.41, 5.74) is 2.05. The topological polar surface area (TPSA) is 65.8 Å². The Morgan fingerprint density at radius 2 is 1.66 bits per heavy atom. The Morgan fingerprint density at radius 3 is 2.21 bits per heavy atom. The highest BCUT2D eigenvalue weighted by molar-refractivity contribution is 6.01. The summed E-state index contributed by atoms with van der Waals surface area (Å²) in [5.74, 6) is 1.36. The fraction of sp³-hybridized carbons (Fsp3) is 0.304. The SMILES string of the molecule is CCOc1ccc(/C=C(\C#N)C(=O)N2CCN(c3ccc(OC)cc3)CC2)cc1. The molecule has 1 amide bonds. The number of carbonyl (C=O) groups excluding carboxylic acids is 1. The Hall–Kier alpha value is -3.46.